The Morgan fingerprint density at radius 1 is 1.33 bits per heavy atom. The van der Waals surface area contributed by atoms with Gasteiger partial charge >= 0.3 is 0 Å². The van der Waals surface area contributed by atoms with Crippen LogP contribution in [0.1, 0.15) is 46.5 Å². The average molecular weight is 338 g/mol. The van der Waals surface area contributed by atoms with Gasteiger partial charge in [-0.3, -0.25) is 0 Å². The molecule has 7 heteroatoms. The molecule has 0 aromatic carbocycles. The second-order valence-electron chi connectivity index (χ2n) is 5.94. The standard InChI is InChI=1S/C14H31N3O2S2/c1-5-20-14-9-6-8-13(14)16-21(18,19)17(4)11-7-10-15-12(2)3/h12-16H,5-11H2,1-4H3. The van der Waals surface area contributed by atoms with E-state index in [1.807, 2.05) is 11.8 Å². The molecule has 0 saturated heterocycles. The van der Waals surface area contributed by atoms with Crippen LogP contribution in [-0.4, -0.2) is 55.9 Å². The number of rotatable bonds is 10. The summed E-state index contributed by atoms with van der Waals surface area (Å²) in [7, 11) is -1.69. The van der Waals surface area contributed by atoms with E-state index in [1.54, 1.807) is 7.05 Å². The molecule has 0 aromatic heterocycles. The minimum absolute atomic E-state index is 0.0937. The molecule has 1 fully saturated rings. The smallest absolute Gasteiger partial charge is 0.279 e. The molecule has 1 rings (SSSR count). The summed E-state index contributed by atoms with van der Waals surface area (Å²) >= 11 is 1.87. The molecule has 0 amide bonds. The molecule has 126 valence electrons. The Balaban J connectivity index is 2.40. The van der Waals surface area contributed by atoms with Crippen molar-refractivity contribution in [3.63, 3.8) is 0 Å². The van der Waals surface area contributed by atoms with Crippen molar-refractivity contribution in [2.75, 3.05) is 25.9 Å². The molecule has 0 radical (unpaired) electrons. The first-order valence-electron chi connectivity index (χ1n) is 7.95. The predicted octanol–water partition coefficient (Wildman–Crippen LogP) is 1.81. The van der Waals surface area contributed by atoms with Gasteiger partial charge in [0.15, 0.2) is 0 Å². The van der Waals surface area contributed by atoms with E-state index in [4.69, 9.17) is 0 Å². The van der Waals surface area contributed by atoms with Crippen LogP contribution in [0.15, 0.2) is 0 Å². The van der Waals surface area contributed by atoms with E-state index in [0.29, 0.717) is 17.8 Å². The van der Waals surface area contributed by atoms with Crippen LogP contribution >= 0.6 is 11.8 Å². The minimum Gasteiger partial charge on any atom is -0.314 e. The van der Waals surface area contributed by atoms with E-state index in [-0.39, 0.29) is 6.04 Å². The number of nitrogens with one attached hydrogen (secondary N) is 2. The number of hydrogen-bond donors (Lipinski definition) is 2. The zero-order valence-corrected chi connectivity index (χ0v) is 15.4. The molecule has 1 aliphatic rings. The molecule has 0 spiro atoms. The lowest BCUT2D eigenvalue weighted by Gasteiger charge is -2.24. The van der Waals surface area contributed by atoms with Gasteiger partial charge in [-0.15, -0.1) is 0 Å². The molecule has 0 bridgehead atoms. The van der Waals surface area contributed by atoms with Gasteiger partial charge in [-0.2, -0.15) is 29.2 Å². The van der Waals surface area contributed by atoms with Gasteiger partial charge in [0.2, 0.25) is 0 Å². The molecule has 21 heavy (non-hydrogen) atoms. The van der Waals surface area contributed by atoms with E-state index in [1.165, 1.54) is 4.31 Å². The zero-order valence-electron chi connectivity index (χ0n) is 13.8. The normalized spacial score (nSPS) is 23.3. The summed E-state index contributed by atoms with van der Waals surface area (Å²) in [5, 5.41) is 3.74. The van der Waals surface area contributed by atoms with Gasteiger partial charge in [-0.25, -0.2) is 0 Å². The Hall–Kier alpha value is 0.180. The van der Waals surface area contributed by atoms with Crippen LogP contribution < -0.4 is 10.0 Å². The van der Waals surface area contributed by atoms with Crippen molar-refractivity contribution >= 4 is 22.0 Å². The van der Waals surface area contributed by atoms with E-state index in [9.17, 15) is 8.42 Å². The van der Waals surface area contributed by atoms with Crippen LogP contribution in [0.25, 0.3) is 0 Å². The first kappa shape index (κ1) is 19.2. The molecule has 2 unspecified atom stereocenters. The third-order valence-electron chi connectivity index (χ3n) is 3.75. The molecule has 1 saturated carbocycles. The van der Waals surface area contributed by atoms with Crippen molar-refractivity contribution in [3.8, 4) is 0 Å². The summed E-state index contributed by atoms with van der Waals surface area (Å²) in [4.78, 5) is 0. The lowest BCUT2D eigenvalue weighted by molar-refractivity contribution is 0.431. The van der Waals surface area contributed by atoms with Crippen LogP contribution in [0.3, 0.4) is 0 Å². The molecular weight excluding hydrogens is 306 g/mol. The predicted molar refractivity (Wildman–Crippen MR) is 92.0 cm³/mol. The van der Waals surface area contributed by atoms with Crippen molar-refractivity contribution in [2.24, 2.45) is 0 Å². The van der Waals surface area contributed by atoms with Crippen molar-refractivity contribution < 1.29 is 8.42 Å². The Morgan fingerprint density at radius 2 is 2.05 bits per heavy atom. The van der Waals surface area contributed by atoms with Crippen LogP contribution in [-0.2, 0) is 10.2 Å². The van der Waals surface area contributed by atoms with Crippen LogP contribution in [0.4, 0.5) is 0 Å². The summed E-state index contributed by atoms with van der Waals surface area (Å²) < 4.78 is 29.0. The zero-order chi connectivity index (χ0) is 15.9. The Labute approximate surface area is 134 Å². The lowest BCUT2D eigenvalue weighted by atomic mass is 10.3. The molecule has 0 aromatic rings. The highest BCUT2D eigenvalue weighted by atomic mass is 32.2. The summed E-state index contributed by atoms with van der Waals surface area (Å²) in [5.41, 5.74) is 0. The van der Waals surface area contributed by atoms with E-state index < -0.39 is 10.2 Å². The maximum absolute atomic E-state index is 12.3. The van der Waals surface area contributed by atoms with E-state index in [2.05, 4.69) is 30.8 Å². The van der Waals surface area contributed by atoms with Crippen molar-refractivity contribution in [2.45, 2.75) is 63.8 Å². The van der Waals surface area contributed by atoms with Gasteiger partial charge in [0, 0.05) is 30.9 Å². The number of hydrogen-bond acceptors (Lipinski definition) is 4. The maximum atomic E-state index is 12.3. The van der Waals surface area contributed by atoms with Gasteiger partial charge < -0.3 is 5.32 Å². The number of nitrogens with zero attached hydrogens (tertiary/aromatic N) is 1. The van der Waals surface area contributed by atoms with Crippen molar-refractivity contribution in [3.05, 3.63) is 0 Å². The van der Waals surface area contributed by atoms with Gasteiger partial charge in [-0.1, -0.05) is 27.2 Å². The fourth-order valence-electron chi connectivity index (χ4n) is 2.57. The first-order chi connectivity index (χ1) is 9.86. The third kappa shape index (κ3) is 6.86. The highest BCUT2D eigenvalue weighted by Gasteiger charge is 2.31. The second-order valence-corrected chi connectivity index (χ2v) is 9.26. The molecule has 2 atom stereocenters. The van der Waals surface area contributed by atoms with Crippen LogP contribution in [0.2, 0.25) is 0 Å². The van der Waals surface area contributed by atoms with Crippen LogP contribution in [0.5, 0.6) is 0 Å². The SMILES string of the molecule is CCSC1CCCC1NS(=O)(=O)N(C)CCCNC(C)C. The lowest BCUT2D eigenvalue weighted by Crippen LogP contribution is -2.46. The second kappa shape index (κ2) is 9.35. The largest absolute Gasteiger partial charge is 0.314 e. The Kier molecular flexibility index (Phi) is 8.56. The summed E-state index contributed by atoms with van der Waals surface area (Å²) in [6.07, 6.45) is 4.02. The molecule has 2 N–H and O–H groups in total. The minimum atomic E-state index is -3.35. The monoisotopic (exact) mass is 337 g/mol. The molecule has 1 aliphatic carbocycles. The van der Waals surface area contributed by atoms with Crippen molar-refractivity contribution in [1.82, 2.24) is 14.3 Å². The first-order valence-corrected chi connectivity index (χ1v) is 10.4. The number of thioether (sulfide) groups is 1. The van der Waals surface area contributed by atoms with Gasteiger partial charge in [0.1, 0.15) is 0 Å². The van der Waals surface area contributed by atoms with Crippen molar-refractivity contribution in [1.29, 1.82) is 0 Å². The molecule has 0 aliphatic heterocycles. The maximum Gasteiger partial charge on any atom is 0.279 e. The average Bonchev–Trinajstić information content (AvgIpc) is 2.81. The summed E-state index contributed by atoms with van der Waals surface area (Å²) in [6.45, 7) is 7.70. The van der Waals surface area contributed by atoms with Gasteiger partial charge in [0.25, 0.3) is 10.2 Å². The quantitative estimate of drug-likeness (QED) is 0.597. The van der Waals surface area contributed by atoms with Crippen LogP contribution in [0, 0.1) is 0 Å². The fourth-order valence-corrected chi connectivity index (χ4v) is 5.07. The van der Waals surface area contributed by atoms with E-state index in [0.717, 1.165) is 38.0 Å². The topological polar surface area (TPSA) is 61.4 Å². The van der Waals surface area contributed by atoms with Gasteiger partial charge in [-0.05, 0) is 31.6 Å². The summed E-state index contributed by atoms with van der Waals surface area (Å²) in [5.74, 6) is 1.04. The molecule has 0 heterocycles. The highest BCUT2D eigenvalue weighted by Crippen LogP contribution is 2.30. The van der Waals surface area contributed by atoms with Gasteiger partial charge in [0.05, 0.1) is 0 Å². The highest BCUT2D eigenvalue weighted by molar-refractivity contribution is 8.00. The Morgan fingerprint density at radius 3 is 2.67 bits per heavy atom. The van der Waals surface area contributed by atoms with E-state index >= 15 is 0 Å². The summed E-state index contributed by atoms with van der Waals surface area (Å²) in [6, 6.07) is 0.534. The molecule has 5 nitrogen and oxygen atoms in total. The third-order valence-corrected chi connectivity index (χ3v) is 6.68. The fraction of sp³-hybridized carbons (Fsp3) is 1.00. The molecular formula is C14H31N3O2S2. The Bertz CT molecular complexity index is 388.